The number of benzene rings is 1. The number of amides is 1. The number of carboxylic acid groups (broad SMARTS) is 1. The van der Waals surface area contributed by atoms with E-state index in [0.29, 0.717) is 16.8 Å². The lowest BCUT2D eigenvalue weighted by Crippen LogP contribution is -2.51. The summed E-state index contributed by atoms with van der Waals surface area (Å²) in [6.07, 6.45) is 9.72. The predicted octanol–water partition coefficient (Wildman–Crippen LogP) is 4.89. The van der Waals surface area contributed by atoms with Crippen LogP contribution in [0.1, 0.15) is 72.5 Å². The Morgan fingerprint density at radius 2 is 1.71 bits per heavy atom. The molecular weight excluding hydrogens is 426 g/mol. The lowest BCUT2D eigenvalue weighted by atomic mass is 9.49. The molecule has 1 aromatic carbocycles. The van der Waals surface area contributed by atoms with Gasteiger partial charge >= 0.3 is 5.97 Å². The molecule has 0 saturated heterocycles. The normalized spacial score (nSPS) is 28.2. The summed E-state index contributed by atoms with van der Waals surface area (Å²) < 4.78 is 1.70. The average Bonchev–Trinajstić information content (AvgIpc) is 3.25. The number of hydrogen-bond donors (Lipinski definition) is 2. The zero-order valence-electron chi connectivity index (χ0n) is 19.3. The Morgan fingerprint density at radius 1 is 1.03 bits per heavy atom. The SMILES string of the molecule is O=C(O)CC(c1ccccc1)c1cc2c(C(=O)NCC34CC5CC(CC(C5)C3)C4)cccn2n1. The fraction of sp³-hybridized carbons (Fsp3) is 0.464. The summed E-state index contributed by atoms with van der Waals surface area (Å²) >= 11 is 0. The summed E-state index contributed by atoms with van der Waals surface area (Å²) in [5.74, 6) is 1.25. The number of pyridine rings is 1. The summed E-state index contributed by atoms with van der Waals surface area (Å²) in [6, 6.07) is 15.1. The van der Waals surface area contributed by atoms with Gasteiger partial charge in [0.1, 0.15) is 0 Å². The Kier molecular flexibility index (Phi) is 5.19. The smallest absolute Gasteiger partial charge is 0.304 e. The molecule has 4 aliphatic rings. The van der Waals surface area contributed by atoms with Gasteiger partial charge in [-0.15, -0.1) is 0 Å². The summed E-state index contributed by atoms with van der Waals surface area (Å²) in [7, 11) is 0. The number of hydrogen-bond acceptors (Lipinski definition) is 3. The molecule has 176 valence electrons. The highest BCUT2D eigenvalue weighted by Gasteiger charge is 2.50. The average molecular weight is 458 g/mol. The third-order valence-corrected chi connectivity index (χ3v) is 8.49. The molecule has 6 nitrogen and oxygen atoms in total. The minimum absolute atomic E-state index is 0.0541. The molecule has 4 aliphatic carbocycles. The summed E-state index contributed by atoms with van der Waals surface area (Å²) in [4.78, 5) is 24.9. The fourth-order valence-electron chi connectivity index (χ4n) is 7.52. The second-order valence-corrected chi connectivity index (χ2v) is 11.0. The highest BCUT2D eigenvalue weighted by molar-refractivity contribution is 6.00. The van der Waals surface area contributed by atoms with Crippen LogP contribution in [-0.4, -0.2) is 33.1 Å². The first-order chi connectivity index (χ1) is 16.5. The molecular formula is C28H31N3O3. The monoisotopic (exact) mass is 457 g/mol. The maximum atomic E-state index is 13.3. The molecule has 7 rings (SSSR count). The van der Waals surface area contributed by atoms with Gasteiger partial charge in [0, 0.05) is 18.7 Å². The second kappa shape index (κ2) is 8.26. The number of carboxylic acids is 1. The molecule has 2 N–H and O–H groups in total. The van der Waals surface area contributed by atoms with Gasteiger partial charge in [0.25, 0.3) is 5.91 Å². The third kappa shape index (κ3) is 3.89. The van der Waals surface area contributed by atoms with Crippen molar-refractivity contribution in [2.24, 2.45) is 23.2 Å². The molecule has 34 heavy (non-hydrogen) atoms. The van der Waals surface area contributed by atoms with Gasteiger partial charge in [0.2, 0.25) is 0 Å². The van der Waals surface area contributed by atoms with Crippen molar-refractivity contribution in [3.05, 3.63) is 71.5 Å². The maximum Gasteiger partial charge on any atom is 0.304 e. The Balaban J connectivity index is 1.25. The van der Waals surface area contributed by atoms with E-state index in [2.05, 4.69) is 10.4 Å². The minimum atomic E-state index is -0.876. The minimum Gasteiger partial charge on any atom is -0.481 e. The predicted molar refractivity (Wildman–Crippen MR) is 129 cm³/mol. The zero-order chi connectivity index (χ0) is 23.3. The van der Waals surface area contributed by atoms with Crippen LogP contribution in [0.2, 0.25) is 0 Å². The molecule has 3 aromatic rings. The number of aromatic nitrogens is 2. The van der Waals surface area contributed by atoms with Crippen LogP contribution >= 0.6 is 0 Å². The van der Waals surface area contributed by atoms with Crippen LogP contribution in [-0.2, 0) is 4.79 Å². The molecule has 0 spiro atoms. The second-order valence-electron chi connectivity index (χ2n) is 11.0. The van der Waals surface area contributed by atoms with E-state index in [-0.39, 0.29) is 23.7 Å². The van der Waals surface area contributed by atoms with Gasteiger partial charge in [-0.2, -0.15) is 5.10 Å². The van der Waals surface area contributed by atoms with E-state index in [1.54, 1.807) is 4.52 Å². The molecule has 4 bridgehead atoms. The summed E-state index contributed by atoms with van der Waals surface area (Å²) in [5, 5.41) is 17.5. The fourth-order valence-corrected chi connectivity index (χ4v) is 7.52. The number of aliphatic carboxylic acids is 1. The van der Waals surface area contributed by atoms with Gasteiger partial charge in [-0.05, 0) is 85.5 Å². The molecule has 6 heteroatoms. The Morgan fingerprint density at radius 3 is 2.35 bits per heavy atom. The number of carbonyl (C=O) groups excluding carboxylic acids is 1. The number of nitrogens with one attached hydrogen (secondary N) is 1. The van der Waals surface area contributed by atoms with Gasteiger partial charge in [0.05, 0.1) is 23.2 Å². The van der Waals surface area contributed by atoms with E-state index in [1.165, 1.54) is 38.5 Å². The van der Waals surface area contributed by atoms with Crippen LogP contribution < -0.4 is 5.32 Å². The molecule has 0 radical (unpaired) electrons. The lowest BCUT2D eigenvalue weighted by molar-refractivity contribution is -0.137. The van der Waals surface area contributed by atoms with Crippen molar-refractivity contribution in [1.29, 1.82) is 0 Å². The van der Waals surface area contributed by atoms with Crippen LogP contribution in [0.5, 0.6) is 0 Å². The maximum absolute atomic E-state index is 13.3. The molecule has 1 amide bonds. The van der Waals surface area contributed by atoms with Gasteiger partial charge in [-0.1, -0.05) is 30.3 Å². The van der Waals surface area contributed by atoms with Crippen molar-refractivity contribution >= 4 is 17.4 Å². The van der Waals surface area contributed by atoms with Crippen molar-refractivity contribution < 1.29 is 14.7 Å². The van der Waals surface area contributed by atoms with Gasteiger partial charge in [-0.25, -0.2) is 4.52 Å². The number of carbonyl (C=O) groups is 2. The van der Waals surface area contributed by atoms with E-state index in [0.717, 1.165) is 29.9 Å². The van der Waals surface area contributed by atoms with Crippen LogP contribution in [0.25, 0.3) is 5.52 Å². The van der Waals surface area contributed by atoms with Crippen molar-refractivity contribution in [2.75, 3.05) is 6.54 Å². The Bertz CT molecular complexity index is 1200. The molecule has 2 aromatic heterocycles. The van der Waals surface area contributed by atoms with E-state index in [4.69, 9.17) is 0 Å². The number of nitrogens with zero attached hydrogens (tertiary/aromatic N) is 2. The first kappa shape index (κ1) is 21.4. The van der Waals surface area contributed by atoms with Crippen molar-refractivity contribution in [2.45, 2.75) is 50.9 Å². The highest BCUT2D eigenvalue weighted by atomic mass is 16.4. The first-order valence-corrected chi connectivity index (χ1v) is 12.5. The van der Waals surface area contributed by atoms with Crippen molar-refractivity contribution in [3.63, 3.8) is 0 Å². The van der Waals surface area contributed by atoms with Gasteiger partial charge < -0.3 is 10.4 Å². The molecule has 1 atom stereocenters. The van der Waals surface area contributed by atoms with E-state index in [9.17, 15) is 14.7 Å². The first-order valence-electron chi connectivity index (χ1n) is 12.5. The van der Waals surface area contributed by atoms with Crippen LogP contribution in [0.3, 0.4) is 0 Å². The molecule has 4 saturated carbocycles. The van der Waals surface area contributed by atoms with Crippen molar-refractivity contribution in [1.82, 2.24) is 14.9 Å². The highest BCUT2D eigenvalue weighted by Crippen LogP contribution is 2.59. The topological polar surface area (TPSA) is 83.7 Å². The standard InChI is InChI=1S/C28H31N3O3/c32-26(33)12-23(21-5-2-1-3-6-21)24-13-25-22(7-4-8-31(25)30-24)27(34)29-17-28-14-18-9-19(15-28)11-20(10-18)16-28/h1-8,13,18-20,23H,9-12,14-17H2,(H,29,34)(H,32,33). The Labute approximate surface area is 199 Å². The van der Waals surface area contributed by atoms with Gasteiger partial charge in [0.15, 0.2) is 0 Å². The van der Waals surface area contributed by atoms with Crippen LogP contribution in [0, 0.1) is 23.2 Å². The summed E-state index contributed by atoms with van der Waals surface area (Å²) in [6.45, 7) is 0.753. The van der Waals surface area contributed by atoms with Crippen LogP contribution in [0.15, 0.2) is 54.7 Å². The number of rotatable bonds is 7. The van der Waals surface area contributed by atoms with E-state index >= 15 is 0 Å². The molecule has 4 fully saturated rings. The summed E-state index contributed by atoms with van der Waals surface area (Å²) in [5.41, 5.74) is 3.15. The van der Waals surface area contributed by atoms with Crippen molar-refractivity contribution in [3.8, 4) is 0 Å². The van der Waals surface area contributed by atoms with Gasteiger partial charge in [-0.3, -0.25) is 9.59 Å². The molecule has 0 aliphatic heterocycles. The largest absolute Gasteiger partial charge is 0.481 e. The van der Waals surface area contributed by atoms with E-state index < -0.39 is 5.97 Å². The molecule has 1 unspecified atom stereocenters. The Hall–Kier alpha value is -3.15. The number of fused-ring (bicyclic) bond motifs is 1. The van der Waals surface area contributed by atoms with Crippen LogP contribution in [0.4, 0.5) is 0 Å². The quantitative estimate of drug-likeness (QED) is 0.529. The third-order valence-electron chi connectivity index (χ3n) is 8.49. The van der Waals surface area contributed by atoms with E-state index in [1.807, 2.05) is 54.7 Å². The molecule has 2 heterocycles. The zero-order valence-corrected chi connectivity index (χ0v) is 19.3. The lowest BCUT2D eigenvalue weighted by Gasteiger charge is -2.56.